The molecule has 0 aliphatic carbocycles. The number of aliphatic carboxylic acids is 1. The van der Waals surface area contributed by atoms with Gasteiger partial charge >= 0.3 is 5.97 Å². The van der Waals surface area contributed by atoms with Gasteiger partial charge in [-0.15, -0.1) is 0 Å². The predicted molar refractivity (Wildman–Crippen MR) is 100 cm³/mol. The highest BCUT2D eigenvalue weighted by molar-refractivity contribution is 5.87. The van der Waals surface area contributed by atoms with Gasteiger partial charge in [0.2, 0.25) is 5.91 Å². The molecule has 4 nitrogen and oxygen atoms in total. The molecule has 0 saturated heterocycles. The smallest absolute Gasteiger partial charge is 0.305 e. The summed E-state index contributed by atoms with van der Waals surface area (Å²) in [6, 6.07) is 0. The van der Waals surface area contributed by atoms with Crippen molar-refractivity contribution in [3.63, 3.8) is 0 Å². The molecule has 0 bridgehead atoms. The van der Waals surface area contributed by atoms with Crippen LogP contribution < -0.4 is 0 Å². The molecule has 0 atom stereocenters. The molecule has 0 heterocycles. The van der Waals surface area contributed by atoms with Crippen LogP contribution in [-0.4, -0.2) is 35.5 Å². The molecule has 140 valence electrons. The second-order valence-corrected chi connectivity index (χ2v) is 6.63. The van der Waals surface area contributed by atoms with E-state index >= 15 is 0 Å². The fraction of sp³-hybridized carbons (Fsp3) is 0.800. The van der Waals surface area contributed by atoms with E-state index in [-0.39, 0.29) is 18.9 Å². The van der Waals surface area contributed by atoms with Gasteiger partial charge in [-0.3, -0.25) is 9.59 Å². The molecule has 0 spiro atoms. The van der Waals surface area contributed by atoms with Gasteiger partial charge in [0.15, 0.2) is 0 Å². The van der Waals surface area contributed by atoms with Crippen LogP contribution in [-0.2, 0) is 9.59 Å². The summed E-state index contributed by atoms with van der Waals surface area (Å²) in [4.78, 5) is 23.6. The summed E-state index contributed by atoms with van der Waals surface area (Å²) < 4.78 is 0. The largest absolute Gasteiger partial charge is 0.481 e. The number of nitrogens with zero attached hydrogens (tertiary/aromatic N) is 1. The van der Waals surface area contributed by atoms with E-state index in [4.69, 9.17) is 5.11 Å². The Balaban J connectivity index is 3.39. The number of carboxylic acids is 1. The first-order chi connectivity index (χ1) is 11.6. The second-order valence-electron chi connectivity index (χ2n) is 6.63. The lowest BCUT2D eigenvalue weighted by Gasteiger charge is -2.13. The fourth-order valence-electron chi connectivity index (χ4n) is 2.61. The topological polar surface area (TPSA) is 57.6 Å². The quantitative estimate of drug-likeness (QED) is 0.311. The van der Waals surface area contributed by atoms with E-state index in [1.807, 2.05) is 6.08 Å². The average Bonchev–Trinajstić information content (AvgIpc) is 2.56. The van der Waals surface area contributed by atoms with Crippen molar-refractivity contribution in [3.8, 4) is 0 Å². The highest BCUT2D eigenvalue weighted by Gasteiger charge is 2.06. The lowest BCUT2D eigenvalue weighted by atomic mass is 10.1. The summed E-state index contributed by atoms with van der Waals surface area (Å²) in [5.74, 6) is -0.987. The minimum Gasteiger partial charge on any atom is -0.481 e. The Labute approximate surface area is 148 Å². The predicted octanol–water partition coefficient (Wildman–Crippen LogP) is 5.18. The third-order valence-corrected chi connectivity index (χ3v) is 4.27. The van der Waals surface area contributed by atoms with Crippen LogP contribution in [0.4, 0.5) is 0 Å². The maximum absolute atomic E-state index is 11.7. The summed E-state index contributed by atoms with van der Waals surface area (Å²) >= 11 is 0. The Hall–Kier alpha value is -1.32. The molecule has 0 aliphatic heterocycles. The van der Waals surface area contributed by atoms with Gasteiger partial charge < -0.3 is 10.0 Å². The Morgan fingerprint density at radius 1 is 0.875 bits per heavy atom. The number of amides is 1. The first-order valence-electron chi connectivity index (χ1n) is 9.71. The van der Waals surface area contributed by atoms with E-state index < -0.39 is 5.97 Å². The summed E-state index contributed by atoms with van der Waals surface area (Å²) in [6.07, 6.45) is 19.0. The average molecular weight is 340 g/mol. The SMILES string of the molecule is CCCCCCCCCCCCCC=CC(=O)N(C)CCC(=O)O. The van der Waals surface area contributed by atoms with Crippen molar-refractivity contribution in [2.45, 2.75) is 90.4 Å². The summed E-state index contributed by atoms with van der Waals surface area (Å²) in [5.41, 5.74) is 0. The molecule has 0 fully saturated rings. The number of hydrogen-bond donors (Lipinski definition) is 1. The molecule has 0 saturated carbocycles. The Bertz CT molecular complexity index is 353. The van der Waals surface area contributed by atoms with Crippen LogP contribution in [0.3, 0.4) is 0 Å². The van der Waals surface area contributed by atoms with Crippen molar-refractivity contribution in [1.82, 2.24) is 4.90 Å². The van der Waals surface area contributed by atoms with E-state index in [1.165, 1.54) is 69.1 Å². The summed E-state index contributed by atoms with van der Waals surface area (Å²) in [6.45, 7) is 2.51. The van der Waals surface area contributed by atoms with Gasteiger partial charge in [-0.05, 0) is 18.9 Å². The molecule has 0 aromatic carbocycles. The van der Waals surface area contributed by atoms with Crippen LogP contribution in [0.2, 0.25) is 0 Å². The zero-order chi connectivity index (χ0) is 18.0. The van der Waals surface area contributed by atoms with Crippen molar-refractivity contribution in [3.05, 3.63) is 12.2 Å². The van der Waals surface area contributed by atoms with Crippen LogP contribution in [0.5, 0.6) is 0 Å². The zero-order valence-corrected chi connectivity index (χ0v) is 15.8. The normalized spacial score (nSPS) is 11.1. The minimum absolute atomic E-state index is 0.00527. The fourth-order valence-corrected chi connectivity index (χ4v) is 2.61. The molecular weight excluding hydrogens is 302 g/mol. The maximum atomic E-state index is 11.7. The molecule has 4 heteroatoms. The molecule has 0 radical (unpaired) electrons. The third-order valence-electron chi connectivity index (χ3n) is 4.27. The van der Waals surface area contributed by atoms with Gasteiger partial charge in [0, 0.05) is 13.6 Å². The number of rotatable bonds is 16. The van der Waals surface area contributed by atoms with E-state index in [1.54, 1.807) is 13.1 Å². The van der Waals surface area contributed by atoms with Gasteiger partial charge in [-0.25, -0.2) is 0 Å². The minimum atomic E-state index is -0.875. The van der Waals surface area contributed by atoms with Crippen LogP contribution in [0.25, 0.3) is 0 Å². The van der Waals surface area contributed by atoms with Crippen molar-refractivity contribution in [1.29, 1.82) is 0 Å². The lowest BCUT2D eigenvalue weighted by Crippen LogP contribution is -2.27. The summed E-state index contributed by atoms with van der Waals surface area (Å²) in [5, 5.41) is 8.59. The van der Waals surface area contributed by atoms with Gasteiger partial charge in [0.1, 0.15) is 0 Å². The molecular formula is C20H37NO3. The van der Waals surface area contributed by atoms with Crippen molar-refractivity contribution in [2.75, 3.05) is 13.6 Å². The number of unbranched alkanes of at least 4 members (excludes halogenated alkanes) is 11. The lowest BCUT2D eigenvalue weighted by molar-refractivity contribution is -0.137. The van der Waals surface area contributed by atoms with Crippen LogP contribution in [0, 0.1) is 0 Å². The highest BCUT2D eigenvalue weighted by atomic mass is 16.4. The van der Waals surface area contributed by atoms with E-state index in [2.05, 4.69) is 6.92 Å². The Morgan fingerprint density at radius 2 is 1.38 bits per heavy atom. The van der Waals surface area contributed by atoms with Crippen LogP contribution in [0.1, 0.15) is 90.4 Å². The number of carbonyl (C=O) groups excluding carboxylic acids is 1. The van der Waals surface area contributed by atoms with Crippen LogP contribution >= 0.6 is 0 Å². The monoisotopic (exact) mass is 339 g/mol. The molecule has 0 aliphatic rings. The van der Waals surface area contributed by atoms with E-state index in [0.717, 1.165) is 12.8 Å². The molecule has 1 N–H and O–H groups in total. The van der Waals surface area contributed by atoms with E-state index in [9.17, 15) is 9.59 Å². The second kappa shape index (κ2) is 16.5. The van der Waals surface area contributed by atoms with Crippen LogP contribution in [0.15, 0.2) is 12.2 Å². The van der Waals surface area contributed by atoms with Crippen molar-refractivity contribution >= 4 is 11.9 Å². The molecule has 1 amide bonds. The zero-order valence-electron chi connectivity index (χ0n) is 15.8. The Kier molecular flexibility index (Phi) is 15.6. The number of likely N-dealkylation sites (N-methyl/N-ethyl adjacent to an activating group) is 1. The molecule has 0 unspecified atom stereocenters. The molecule has 0 rings (SSSR count). The molecule has 0 aromatic heterocycles. The number of carbonyl (C=O) groups is 2. The van der Waals surface area contributed by atoms with Crippen molar-refractivity contribution < 1.29 is 14.7 Å². The van der Waals surface area contributed by atoms with Gasteiger partial charge in [-0.1, -0.05) is 77.2 Å². The number of carboxylic acid groups (broad SMARTS) is 1. The highest BCUT2D eigenvalue weighted by Crippen LogP contribution is 2.12. The number of allylic oxidation sites excluding steroid dienone is 1. The standard InChI is InChI=1S/C20H37NO3/c1-3-4-5-6-7-8-9-10-11-12-13-14-15-16-19(22)21(2)18-17-20(23)24/h15-16H,3-14,17-18H2,1-2H3,(H,23,24). The van der Waals surface area contributed by atoms with E-state index in [0.29, 0.717) is 0 Å². The Morgan fingerprint density at radius 3 is 1.88 bits per heavy atom. The number of hydrogen-bond acceptors (Lipinski definition) is 2. The summed E-state index contributed by atoms with van der Waals surface area (Å²) in [7, 11) is 1.64. The van der Waals surface area contributed by atoms with Gasteiger partial charge in [0.05, 0.1) is 6.42 Å². The van der Waals surface area contributed by atoms with Crippen molar-refractivity contribution in [2.24, 2.45) is 0 Å². The van der Waals surface area contributed by atoms with Gasteiger partial charge in [-0.2, -0.15) is 0 Å². The maximum Gasteiger partial charge on any atom is 0.305 e. The van der Waals surface area contributed by atoms with Gasteiger partial charge in [0.25, 0.3) is 0 Å². The first-order valence-corrected chi connectivity index (χ1v) is 9.71. The molecule has 24 heavy (non-hydrogen) atoms. The third kappa shape index (κ3) is 15.6. The molecule has 0 aromatic rings. The first kappa shape index (κ1) is 22.7.